The zero-order valence-electron chi connectivity index (χ0n) is 15.6. The highest BCUT2D eigenvalue weighted by molar-refractivity contribution is 5.81. The van der Waals surface area contributed by atoms with E-state index in [-0.39, 0.29) is 12.5 Å². The first-order valence-electron chi connectivity index (χ1n) is 8.79. The molecule has 0 fully saturated rings. The average Bonchev–Trinajstić information content (AvgIpc) is 2.99. The van der Waals surface area contributed by atoms with E-state index in [2.05, 4.69) is 12.1 Å². The van der Waals surface area contributed by atoms with Crippen LogP contribution in [0.5, 0.6) is 0 Å². The van der Waals surface area contributed by atoms with Crippen LogP contribution in [-0.4, -0.2) is 55.0 Å². The summed E-state index contributed by atoms with van der Waals surface area (Å²) in [5, 5.41) is 9.40. The third-order valence-corrected chi connectivity index (χ3v) is 5.11. The van der Waals surface area contributed by atoms with Crippen LogP contribution in [0.4, 0.5) is 4.79 Å². The molecule has 1 aliphatic rings. The molecule has 0 radical (unpaired) electrons. The van der Waals surface area contributed by atoms with Crippen molar-refractivity contribution in [1.82, 2.24) is 4.90 Å². The number of methoxy groups -OCH3 is 1. The number of benzene rings is 2. The van der Waals surface area contributed by atoms with Crippen LogP contribution < -0.4 is 0 Å². The number of fused-ring (bicyclic) bond motifs is 3. The standard InChI is InChI=1S/C21H23NO5/c1-13(26-3)19(20(23)24)22(2)21(25)27-12-18-16-10-6-4-8-14(16)15-9-5-7-11-17(15)18/h4-11,13,18-19H,12H2,1-3H3,(H,23,24)/t13-,19+/m1/s1. The number of ether oxygens (including phenoxy) is 2. The van der Waals surface area contributed by atoms with Crippen LogP contribution >= 0.6 is 0 Å². The van der Waals surface area contributed by atoms with Gasteiger partial charge in [0.1, 0.15) is 6.61 Å². The monoisotopic (exact) mass is 369 g/mol. The van der Waals surface area contributed by atoms with Gasteiger partial charge < -0.3 is 14.6 Å². The van der Waals surface area contributed by atoms with Crippen molar-refractivity contribution in [2.75, 3.05) is 20.8 Å². The number of rotatable bonds is 6. The van der Waals surface area contributed by atoms with Gasteiger partial charge >= 0.3 is 12.1 Å². The minimum atomic E-state index is -1.14. The van der Waals surface area contributed by atoms with Gasteiger partial charge in [-0.1, -0.05) is 48.5 Å². The molecular formula is C21H23NO5. The Balaban J connectivity index is 1.77. The molecule has 0 aliphatic heterocycles. The van der Waals surface area contributed by atoms with Gasteiger partial charge in [0.25, 0.3) is 0 Å². The van der Waals surface area contributed by atoms with E-state index in [4.69, 9.17) is 9.47 Å². The smallest absolute Gasteiger partial charge is 0.410 e. The zero-order chi connectivity index (χ0) is 19.6. The molecule has 0 unspecified atom stereocenters. The molecule has 6 heteroatoms. The summed E-state index contributed by atoms with van der Waals surface area (Å²) >= 11 is 0. The third-order valence-electron chi connectivity index (χ3n) is 5.11. The fourth-order valence-corrected chi connectivity index (χ4v) is 3.62. The van der Waals surface area contributed by atoms with Crippen LogP contribution in [0.3, 0.4) is 0 Å². The van der Waals surface area contributed by atoms with Gasteiger partial charge in [-0.15, -0.1) is 0 Å². The first-order valence-corrected chi connectivity index (χ1v) is 8.79. The second-order valence-electron chi connectivity index (χ2n) is 6.64. The van der Waals surface area contributed by atoms with Gasteiger partial charge in [-0.25, -0.2) is 9.59 Å². The Kier molecular flexibility index (Phi) is 5.46. The quantitative estimate of drug-likeness (QED) is 0.845. The van der Waals surface area contributed by atoms with Gasteiger partial charge in [0.05, 0.1) is 6.10 Å². The molecule has 0 heterocycles. The van der Waals surface area contributed by atoms with E-state index in [0.29, 0.717) is 0 Å². The summed E-state index contributed by atoms with van der Waals surface area (Å²) in [6, 6.07) is 15.0. The fraction of sp³-hybridized carbons (Fsp3) is 0.333. The number of carboxylic acids is 1. The second kappa shape index (κ2) is 7.80. The summed E-state index contributed by atoms with van der Waals surface area (Å²) < 4.78 is 10.6. The SMILES string of the molecule is CO[C@H](C)[C@@H](C(=O)O)N(C)C(=O)OCC1c2ccccc2-c2ccccc21. The average molecular weight is 369 g/mol. The van der Waals surface area contributed by atoms with Gasteiger partial charge in [-0.3, -0.25) is 4.90 Å². The van der Waals surface area contributed by atoms with Crippen LogP contribution in [0.2, 0.25) is 0 Å². The van der Waals surface area contributed by atoms with Crippen molar-refractivity contribution in [3.63, 3.8) is 0 Å². The predicted octanol–water partition coefficient (Wildman–Crippen LogP) is 3.36. The number of hydrogen-bond acceptors (Lipinski definition) is 4. The van der Waals surface area contributed by atoms with Gasteiger partial charge in [0.15, 0.2) is 6.04 Å². The number of nitrogens with zero attached hydrogens (tertiary/aromatic N) is 1. The lowest BCUT2D eigenvalue weighted by atomic mass is 9.98. The fourth-order valence-electron chi connectivity index (χ4n) is 3.62. The van der Waals surface area contributed by atoms with Gasteiger partial charge in [0, 0.05) is 20.1 Å². The van der Waals surface area contributed by atoms with Crippen molar-refractivity contribution in [3.05, 3.63) is 59.7 Å². The number of carbonyl (C=O) groups excluding carboxylic acids is 1. The van der Waals surface area contributed by atoms with E-state index in [9.17, 15) is 14.7 Å². The molecule has 2 aromatic carbocycles. The number of carboxylic acid groups (broad SMARTS) is 1. The minimum absolute atomic E-state index is 0.0714. The lowest BCUT2D eigenvalue weighted by Gasteiger charge is -2.28. The number of amides is 1. The first-order chi connectivity index (χ1) is 13.0. The van der Waals surface area contributed by atoms with Crippen molar-refractivity contribution in [2.24, 2.45) is 0 Å². The molecule has 1 aliphatic carbocycles. The molecule has 2 aromatic rings. The predicted molar refractivity (Wildman–Crippen MR) is 101 cm³/mol. The lowest BCUT2D eigenvalue weighted by molar-refractivity contribution is -0.146. The normalized spacial score (nSPS) is 14.8. The minimum Gasteiger partial charge on any atom is -0.480 e. The molecule has 1 N–H and O–H groups in total. The Labute approximate surface area is 158 Å². The highest BCUT2D eigenvalue weighted by Gasteiger charge is 2.34. The summed E-state index contributed by atoms with van der Waals surface area (Å²) in [6.45, 7) is 1.75. The summed E-state index contributed by atoms with van der Waals surface area (Å²) in [4.78, 5) is 25.1. The Morgan fingerprint density at radius 2 is 1.59 bits per heavy atom. The van der Waals surface area contributed by atoms with E-state index in [1.165, 1.54) is 14.2 Å². The highest BCUT2D eigenvalue weighted by Crippen LogP contribution is 2.44. The molecule has 0 spiro atoms. The van der Waals surface area contributed by atoms with Crippen LogP contribution in [0.1, 0.15) is 24.0 Å². The molecule has 2 atom stereocenters. The number of carbonyl (C=O) groups is 2. The molecule has 0 saturated carbocycles. The van der Waals surface area contributed by atoms with E-state index >= 15 is 0 Å². The molecule has 0 aromatic heterocycles. The third kappa shape index (κ3) is 3.53. The maximum absolute atomic E-state index is 12.5. The summed E-state index contributed by atoms with van der Waals surface area (Å²) in [7, 11) is 2.82. The molecule has 27 heavy (non-hydrogen) atoms. The Morgan fingerprint density at radius 3 is 2.07 bits per heavy atom. The number of hydrogen-bond donors (Lipinski definition) is 1. The van der Waals surface area contributed by atoms with Gasteiger partial charge in [-0.2, -0.15) is 0 Å². The van der Waals surface area contributed by atoms with Crippen LogP contribution in [0, 0.1) is 0 Å². The Hall–Kier alpha value is -2.86. The molecular weight excluding hydrogens is 346 g/mol. The molecule has 1 amide bonds. The highest BCUT2D eigenvalue weighted by atomic mass is 16.6. The molecule has 142 valence electrons. The summed E-state index contributed by atoms with van der Waals surface area (Å²) in [5.41, 5.74) is 4.49. The molecule has 0 saturated heterocycles. The molecule has 0 bridgehead atoms. The van der Waals surface area contributed by atoms with Crippen LogP contribution in [0.15, 0.2) is 48.5 Å². The Bertz CT molecular complexity index is 804. The number of aliphatic carboxylic acids is 1. The van der Waals surface area contributed by atoms with Gasteiger partial charge in [0.2, 0.25) is 0 Å². The summed E-state index contributed by atoms with van der Waals surface area (Å²) in [5.74, 6) is -1.21. The van der Waals surface area contributed by atoms with Crippen molar-refractivity contribution in [2.45, 2.75) is 25.0 Å². The van der Waals surface area contributed by atoms with Crippen molar-refractivity contribution in [3.8, 4) is 11.1 Å². The number of likely N-dealkylation sites (N-methyl/N-ethyl adjacent to an activating group) is 1. The molecule has 6 nitrogen and oxygen atoms in total. The van der Waals surface area contributed by atoms with E-state index in [0.717, 1.165) is 27.2 Å². The largest absolute Gasteiger partial charge is 0.480 e. The maximum atomic E-state index is 12.5. The van der Waals surface area contributed by atoms with E-state index in [1.807, 2.05) is 36.4 Å². The van der Waals surface area contributed by atoms with Crippen LogP contribution in [-0.2, 0) is 14.3 Å². The van der Waals surface area contributed by atoms with Crippen molar-refractivity contribution in [1.29, 1.82) is 0 Å². The first kappa shape index (κ1) is 18.9. The Morgan fingerprint density at radius 1 is 1.07 bits per heavy atom. The second-order valence-corrected chi connectivity index (χ2v) is 6.64. The molecule has 3 rings (SSSR count). The lowest BCUT2D eigenvalue weighted by Crippen LogP contribution is -2.49. The zero-order valence-corrected chi connectivity index (χ0v) is 15.6. The van der Waals surface area contributed by atoms with Crippen molar-refractivity contribution >= 4 is 12.1 Å². The topological polar surface area (TPSA) is 76.1 Å². The van der Waals surface area contributed by atoms with Crippen LogP contribution in [0.25, 0.3) is 11.1 Å². The van der Waals surface area contributed by atoms with E-state index in [1.54, 1.807) is 6.92 Å². The van der Waals surface area contributed by atoms with E-state index < -0.39 is 24.2 Å². The maximum Gasteiger partial charge on any atom is 0.410 e. The van der Waals surface area contributed by atoms with Crippen molar-refractivity contribution < 1.29 is 24.2 Å². The summed E-state index contributed by atoms with van der Waals surface area (Å²) in [6.07, 6.45) is -1.35. The van der Waals surface area contributed by atoms with Gasteiger partial charge in [-0.05, 0) is 29.2 Å².